The second kappa shape index (κ2) is 9.40. The summed E-state index contributed by atoms with van der Waals surface area (Å²) in [4.78, 5) is 0. The highest BCUT2D eigenvalue weighted by molar-refractivity contribution is 5.75. The molecule has 2 aromatic heterocycles. The molecule has 10 nitrogen and oxygen atoms in total. The fraction of sp³-hybridized carbons (Fsp3) is 0.143. The van der Waals surface area contributed by atoms with Crippen LogP contribution in [0.2, 0.25) is 0 Å². The standard InChI is InChI=1S/C28H26N8O2/c1-17-15-19(37)11-13-21(17)29-27(35-25-9-5-3-7-23(25)31-33-35)28(30-22-14-12-20(38)16-18(22)2)36-26-10-6-4-8-24(26)32-34-36/h3-16,27-30,37-38H,1-2H3. The second-order valence-corrected chi connectivity index (χ2v) is 9.22. The molecule has 0 bridgehead atoms. The van der Waals surface area contributed by atoms with Crippen LogP contribution in [0.15, 0.2) is 84.9 Å². The summed E-state index contributed by atoms with van der Waals surface area (Å²) in [6, 6.07) is 25.9. The number of aromatic hydroxyl groups is 2. The molecule has 38 heavy (non-hydrogen) atoms. The Kier molecular flexibility index (Phi) is 5.76. The maximum atomic E-state index is 10.0. The van der Waals surface area contributed by atoms with Gasteiger partial charge in [-0.05, 0) is 85.6 Å². The number of aryl methyl sites for hydroxylation is 2. The van der Waals surface area contributed by atoms with Gasteiger partial charge in [-0.15, -0.1) is 10.2 Å². The van der Waals surface area contributed by atoms with E-state index in [4.69, 9.17) is 0 Å². The molecule has 0 aliphatic rings. The number of aromatic nitrogens is 6. The van der Waals surface area contributed by atoms with Crippen molar-refractivity contribution in [1.82, 2.24) is 30.0 Å². The fourth-order valence-corrected chi connectivity index (χ4v) is 4.67. The molecule has 2 unspecified atom stereocenters. The van der Waals surface area contributed by atoms with E-state index in [1.807, 2.05) is 83.9 Å². The summed E-state index contributed by atoms with van der Waals surface area (Å²) >= 11 is 0. The average Bonchev–Trinajstić information content (AvgIpc) is 3.53. The van der Waals surface area contributed by atoms with E-state index in [1.165, 1.54) is 0 Å². The lowest BCUT2D eigenvalue weighted by Crippen LogP contribution is -2.35. The van der Waals surface area contributed by atoms with Crippen LogP contribution in [0.25, 0.3) is 22.1 Å². The van der Waals surface area contributed by atoms with Gasteiger partial charge in [0.05, 0.1) is 11.0 Å². The van der Waals surface area contributed by atoms with Gasteiger partial charge in [0.2, 0.25) is 0 Å². The van der Waals surface area contributed by atoms with Gasteiger partial charge in [-0.3, -0.25) is 0 Å². The number of anilines is 2. The van der Waals surface area contributed by atoms with Crippen LogP contribution in [-0.4, -0.2) is 40.2 Å². The molecule has 190 valence electrons. The molecule has 0 aliphatic heterocycles. The lowest BCUT2D eigenvalue weighted by atomic mass is 10.1. The average molecular weight is 507 g/mol. The molecule has 0 spiro atoms. The maximum absolute atomic E-state index is 10.0. The Morgan fingerprint density at radius 2 is 1.03 bits per heavy atom. The highest BCUT2D eigenvalue weighted by Crippen LogP contribution is 2.34. The minimum atomic E-state index is -0.552. The Hall–Kier alpha value is -5.12. The lowest BCUT2D eigenvalue weighted by molar-refractivity contribution is 0.346. The van der Waals surface area contributed by atoms with E-state index in [2.05, 4.69) is 31.3 Å². The van der Waals surface area contributed by atoms with Crippen LogP contribution >= 0.6 is 0 Å². The predicted molar refractivity (Wildman–Crippen MR) is 146 cm³/mol. The van der Waals surface area contributed by atoms with Crippen molar-refractivity contribution in [1.29, 1.82) is 0 Å². The van der Waals surface area contributed by atoms with E-state index >= 15 is 0 Å². The summed E-state index contributed by atoms with van der Waals surface area (Å²) in [6.07, 6.45) is -1.10. The molecule has 0 radical (unpaired) electrons. The van der Waals surface area contributed by atoms with Crippen LogP contribution in [-0.2, 0) is 0 Å². The number of fused-ring (bicyclic) bond motifs is 2. The van der Waals surface area contributed by atoms with Crippen LogP contribution in [0.5, 0.6) is 11.5 Å². The largest absolute Gasteiger partial charge is 0.508 e. The van der Waals surface area contributed by atoms with Crippen molar-refractivity contribution in [2.45, 2.75) is 26.2 Å². The van der Waals surface area contributed by atoms with Gasteiger partial charge < -0.3 is 20.8 Å². The normalized spacial score (nSPS) is 13.0. The van der Waals surface area contributed by atoms with Crippen molar-refractivity contribution in [3.63, 3.8) is 0 Å². The second-order valence-electron chi connectivity index (χ2n) is 9.22. The third-order valence-electron chi connectivity index (χ3n) is 6.61. The molecule has 6 aromatic rings. The zero-order valence-electron chi connectivity index (χ0n) is 20.8. The Balaban J connectivity index is 1.56. The molecule has 2 atom stereocenters. The van der Waals surface area contributed by atoms with E-state index in [1.54, 1.807) is 24.3 Å². The molecule has 10 heteroatoms. The molecule has 0 saturated heterocycles. The zero-order chi connectivity index (χ0) is 26.2. The number of phenols is 2. The van der Waals surface area contributed by atoms with Gasteiger partial charge in [0.25, 0.3) is 0 Å². The summed E-state index contributed by atoms with van der Waals surface area (Å²) in [6.45, 7) is 3.85. The summed E-state index contributed by atoms with van der Waals surface area (Å²) in [7, 11) is 0. The molecule has 4 N–H and O–H groups in total. The van der Waals surface area contributed by atoms with E-state index < -0.39 is 12.3 Å². The Labute approximate surface area is 218 Å². The number of rotatable bonds is 7. The van der Waals surface area contributed by atoms with Gasteiger partial charge in [-0.25, -0.2) is 9.36 Å². The van der Waals surface area contributed by atoms with Crippen LogP contribution in [0.1, 0.15) is 23.5 Å². The SMILES string of the molecule is Cc1cc(O)ccc1NC(C(Nc1ccc(O)cc1C)n1nnc2ccccc21)n1nnc2ccccc21. The first kappa shape index (κ1) is 23.3. The molecule has 0 amide bonds. The predicted octanol–water partition coefficient (Wildman–Crippen LogP) is 5.13. The first-order chi connectivity index (χ1) is 18.5. The minimum Gasteiger partial charge on any atom is -0.508 e. The number of para-hydroxylation sites is 2. The van der Waals surface area contributed by atoms with Crippen molar-refractivity contribution in [2.24, 2.45) is 0 Å². The van der Waals surface area contributed by atoms with Crippen molar-refractivity contribution in [3.8, 4) is 11.5 Å². The number of benzene rings is 4. The van der Waals surface area contributed by atoms with E-state index in [0.717, 1.165) is 44.6 Å². The first-order valence-corrected chi connectivity index (χ1v) is 12.2. The van der Waals surface area contributed by atoms with Gasteiger partial charge in [0.15, 0.2) is 12.3 Å². The molecule has 4 aromatic carbocycles. The molecular weight excluding hydrogens is 480 g/mol. The zero-order valence-corrected chi connectivity index (χ0v) is 20.8. The summed E-state index contributed by atoms with van der Waals surface area (Å²) in [5.74, 6) is 0.375. The summed E-state index contributed by atoms with van der Waals surface area (Å²) < 4.78 is 3.65. The first-order valence-electron chi connectivity index (χ1n) is 12.2. The van der Waals surface area contributed by atoms with Crippen LogP contribution in [0.3, 0.4) is 0 Å². The lowest BCUT2D eigenvalue weighted by Gasteiger charge is -2.31. The van der Waals surface area contributed by atoms with Crippen molar-refractivity contribution in [3.05, 3.63) is 96.1 Å². The number of hydrogen-bond donors (Lipinski definition) is 4. The van der Waals surface area contributed by atoms with Crippen molar-refractivity contribution < 1.29 is 10.2 Å². The van der Waals surface area contributed by atoms with Crippen molar-refractivity contribution in [2.75, 3.05) is 10.6 Å². The molecule has 0 fully saturated rings. The van der Waals surface area contributed by atoms with Gasteiger partial charge in [-0.1, -0.05) is 34.7 Å². The number of nitrogens with zero attached hydrogens (tertiary/aromatic N) is 6. The van der Waals surface area contributed by atoms with Gasteiger partial charge >= 0.3 is 0 Å². The van der Waals surface area contributed by atoms with Gasteiger partial charge in [0.1, 0.15) is 22.5 Å². The summed E-state index contributed by atoms with van der Waals surface area (Å²) in [5, 5.41) is 45.2. The maximum Gasteiger partial charge on any atom is 0.164 e. The minimum absolute atomic E-state index is 0.187. The molecule has 6 rings (SSSR count). The third-order valence-corrected chi connectivity index (χ3v) is 6.61. The monoisotopic (exact) mass is 506 g/mol. The topological polar surface area (TPSA) is 126 Å². The Morgan fingerprint density at radius 1 is 0.605 bits per heavy atom. The summed E-state index contributed by atoms with van der Waals surface area (Å²) in [5.41, 5.74) is 6.52. The molecule has 2 heterocycles. The van der Waals surface area contributed by atoms with Gasteiger partial charge in [-0.2, -0.15) is 0 Å². The number of nitrogens with one attached hydrogen (secondary N) is 2. The van der Waals surface area contributed by atoms with E-state index in [9.17, 15) is 10.2 Å². The van der Waals surface area contributed by atoms with E-state index in [0.29, 0.717) is 0 Å². The van der Waals surface area contributed by atoms with Crippen molar-refractivity contribution >= 4 is 33.4 Å². The number of phenolic OH excluding ortho intramolecular Hbond substituents is 2. The third kappa shape index (κ3) is 4.21. The number of hydrogen-bond acceptors (Lipinski definition) is 8. The smallest absolute Gasteiger partial charge is 0.164 e. The highest BCUT2D eigenvalue weighted by Gasteiger charge is 2.31. The Morgan fingerprint density at radius 3 is 1.45 bits per heavy atom. The fourth-order valence-electron chi connectivity index (χ4n) is 4.67. The quantitative estimate of drug-likeness (QED) is 0.220. The van der Waals surface area contributed by atoms with Crippen LogP contribution < -0.4 is 10.6 Å². The highest BCUT2D eigenvalue weighted by atomic mass is 16.3. The molecule has 0 saturated carbocycles. The van der Waals surface area contributed by atoms with Gasteiger partial charge in [0, 0.05) is 11.4 Å². The molecular formula is C28H26N8O2. The van der Waals surface area contributed by atoms with E-state index in [-0.39, 0.29) is 11.5 Å². The Bertz CT molecular complexity index is 1630. The molecule has 0 aliphatic carbocycles. The van der Waals surface area contributed by atoms with Crippen LogP contribution in [0.4, 0.5) is 11.4 Å². The van der Waals surface area contributed by atoms with Crippen LogP contribution in [0, 0.1) is 13.8 Å².